The van der Waals surface area contributed by atoms with Crippen LogP contribution in [0.25, 0.3) is 10.9 Å². The maximum atomic E-state index is 12.7. The van der Waals surface area contributed by atoms with Crippen LogP contribution in [-0.2, 0) is 6.18 Å². The van der Waals surface area contributed by atoms with Crippen LogP contribution in [-0.4, -0.2) is 7.76 Å². The lowest BCUT2D eigenvalue weighted by Gasteiger charge is -2.10. The minimum absolute atomic E-state index is 0.127. The van der Waals surface area contributed by atoms with E-state index < -0.39 is 17.6 Å². The standard InChI is InChI=1S/C9H3ClF3IN2O/c10-4-1-2-6-5(3-4)7(9(11,12)13)15-8(17)16(6)14/h1-3H. The fraction of sp³-hybridized carbons (Fsp3) is 0.111. The van der Waals surface area contributed by atoms with E-state index in [0.29, 0.717) is 0 Å². The van der Waals surface area contributed by atoms with E-state index >= 15 is 0 Å². The molecule has 0 radical (unpaired) electrons. The second-order valence-corrected chi connectivity index (χ2v) is 4.58. The molecule has 0 bridgehead atoms. The van der Waals surface area contributed by atoms with Gasteiger partial charge in [0.15, 0.2) is 5.69 Å². The molecule has 0 saturated carbocycles. The van der Waals surface area contributed by atoms with Gasteiger partial charge in [0.25, 0.3) is 0 Å². The predicted octanol–water partition coefficient (Wildman–Crippen LogP) is 3.27. The molecule has 0 N–H and O–H groups in total. The van der Waals surface area contributed by atoms with Crippen molar-refractivity contribution in [2.75, 3.05) is 0 Å². The molecule has 3 nitrogen and oxygen atoms in total. The summed E-state index contributed by atoms with van der Waals surface area (Å²) in [6.45, 7) is 0. The first-order valence-corrected chi connectivity index (χ1v) is 5.60. The molecule has 1 heterocycles. The summed E-state index contributed by atoms with van der Waals surface area (Å²) in [5.74, 6) is 0. The molecule has 0 aliphatic rings. The normalized spacial score (nSPS) is 12.1. The Kier molecular flexibility index (Phi) is 3.06. The maximum Gasteiger partial charge on any atom is 0.434 e. The molecule has 0 aliphatic heterocycles. The summed E-state index contributed by atoms with van der Waals surface area (Å²) in [5.41, 5.74) is -2.05. The Labute approximate surface area is 112 Å². The van der Waals surface area contributed by atoms with Crippen molar-refractivity contribution in [1.29, 1.82) is 0 Å². The summed E-state index contributed by atoms with van der Waals surface area (Å²) in [7, 11) is 0. The third-order valence-corrected chi connectivity index (χ3v) is 3.24. The quantitative estimate of drug-likeness (QED) is 0.664. The van der Waals surface area contributed by atoms with Gasteiger partial charge in [-0.25, -0.2) is 7.58 Å². The van der Waals surface area contributed by atoms with Gasteiger partial charge in [-0.2, -0.15) is 18.2 Å². The van der Waals surface area contributed by atoms with Crippen molar-refractivity contribution in [3.63, 3.8) is 0 Å². The van der Waals surface area contributed by atoms with Gasteiger partial charge in [-0.3, -0.25) is 0 Å². The van der Waals surface area contributed by atoms with Gasteiger partial charge in [0.2, 0.25) is 0 Å². The van der Waals surface area contributed by atoms with E-state index in [9.17, 15) is 18.0 Å². The molecule has 0 spiro atoms. The Morgan fingerprint density at radius 1 is 1.35 bits per heavy atom. The Hall–Kier alpha value is -0.830. The van der Waals surface area contributed by atoms with Crippen LogP contribution in [0.1, 0.15) is 5.69 Å². The number of aromatic nitrogens is 2. The lowest BCUT2D eigenvalue weighted by molar-refractivity contribution is -0.140. The summed E-state index contributed by atoms with van der Waals surface area (Å²) < 4.78 is 39.1. The van der Waals surface area contributed by atoms with Crippen LogP contribution in [0.5, 0.6) is 0 Å². The largest absolute Gasteiger partial charge is 0.434 e. The van der Waals surface area contributed by atoms with Crippen molar-refractivity contribution < 1.29 is 13.2 Å². The van der Waals surface area contributed by atoms with E-state index in [4.69, 9.17) is 11.6 Å². The van der Waals surface area contributed by atoms with Crippen molar-refractivity contribution in [3.8, 4) is 0 Å². The predicted molar refractivity (Wildman–Crippen MR) is 65.4 cm³/mol. The maximum absolute atomic E-state index is 12.7. The molecular formula is C9H3ClF3IN2O. The minimum Gasteiger partial charge on any atom is -0.245 e. The first kappa shape index (κ1) is 12.6. The number of fused-ring (bicyclic) bond motifs is 1. The summed E-state index contributed by atoms with van der Waals surface area (Å²) in [6.07, 6.45) is -4.69. The molecule has 8 heteroatoms. The van der Waals surface area contributed by atoms with E-state index in [-0.39, 0.29) is 15.9 Å². The molecular weight excluding hydrogens is 371 g/mol. The molecule has 1 aromatic heterocycles. The Balaban J connectivity index is 2.98. The van der Waals surface area contributed by atoms with E-state index in [2.05, 4.69) is 4.98 Å². The second-order valence-electron chi connectivity index (χ2n) is 3.18. The Morgan fingerprint density at radius 3 is 2.59 bits per heavy atom. The average Bonchev–Trinajstić information content (AvgIpc) is 2.21. The van der Waals surface area contributed by atoms with Gasteiger partial charge in [0.1, 0.15) is 0 Å². The van der Waals surface area contributed by atoms with Crippen molar-refractivity contribution >= 4 is 45.4 Å². The van der Waals surface area contributed by atoms with Crippen LogP contribution < -0.4 is 5.69 Å². The number of nitrogens with zero attached hydrogens (tertiary/aromatic N) is 2. The molecule has 0 aliphatic carbocycles. The van der Waals surface area contributed by atoms with E-state index in [1.165, 1.54) is 12.1 Å². The van der Waals surface area contributed by atoms with Crippen LogP contribution in [0.2, 0.25) is 5.02 Å². The van der Waals surface area contributed by atoms with Gasteiger partial charge in [0, 0.05) is 10.4 Å². The zero-order chi connectivity index (χ0) is 12.8. The highest BCUT2D eigenvalue weighted by Crippen LogP contribution is 2.33. The smallest absolute Gasteiger partial charge is 0.245 e. The molecule has 2 aromatic rings. The summed E-state index contributed by atoms with van der Waals surface area (Å²) >= 11 is 7.24. The van der Waals surface area contributed by atoms with E-state index in [1.807, 2.05) is 0 Å². The van der Waals surface area contributed by atoms with E-state index in [0.717, 1.165) is 8.85 Å². The van der Waals surface area contributed by atoms with Crippen LogP contribution in [0.15, 0.2) is 23.0 Å². The number of rotatable bonds is 0. The second kappa shape index (κ2) is 4.13. The number of alkyl halides is 3. The van der Waals surface area contributed by atoms with E-state index in [1.54, 1.807) is 22.9 Å². The number of hydrogen-bond acceptors (Lipinski definition) is 2. The monoisotopic (exact) mass is 374 g/mol. The zero-order valence-electron chi connectivity index (χ0n) is 7.92. The van der Waals surface area contributed by atoms with Crippen LogP contribution in [0, 0.1) is 0 Å². The van der Waals surface area contributed by atoms with Crippen molar-refractivity contribution in [2.24, 2.45) is 0 Å². The van der Waals surface area contributed by atoms with Gasteiger partial charge in [-0.15, -0.1) is 0 Å². The van der Waals surface area contributed by atoms with Crippen molar-refractivity contribution in [1.82, 2.24) is 7.76 Å². The average molecular weight is 374 g/mol. The minimum atomic E-state index is -4.69. The van der Waals surface area contributed by atoms with Gasteiger partial charge in [-0.05, 0) is 18.2 Å². The van der Waals surface area contributed by atoms with Gasteiger partial charge in [-0.1, -0.05) is 11.6 Å². The molecule has 2 rings (SSSR count). The number of hydrogen-bond donors (Lipinski definition) is 0. The Bertz CT molecular complexity index is 653. The summed E-state index contributed by atoms with van der Waals surface area (Å²) in [6, 6.07) is 3.91. The molecule has 0 amide bonds. The molecule has 17 heavy (non-hydrogen) atoms. The first-order chi connectivity index (χ1) is 7.80. The lowest BCUT2D eigenvalue weighted by Crippen LogP contribution is -2.22. The SMILES string of the molecule is O=c1nc(C(F)(F)F)c2cc(Cl)ccc2n1I. The first-order valence-electron chi connectivity index (χ1n) is 4.26. The molecule has 1 aromatic carbocycles. The third kappa shape index (κ3) is 2.25. The number of benzene rings is 1. The Morgan fingerprint density at radius 2 is 2.00 bits per heavy atom. The summed E-state index contributed by atoms with van der Waals surface area (Å²) in [5, 5.41) is -0.0427. The lowest BCUT2D eigenvalue weighted by atomic mass is 10.2. The van der Waals surface area contributed by atoms with Gasteiger partial charge >= 0.3 is 11.9 Å². The summed E-state index contributed by atoms with van der Waals surface area (Å²) in [4.78, 5) is 14.3. The topological polar surface area (TPSA) is 34.9 Å². The van der Waals surface area contributed by atoms with Crippen LogP contribution >= 0.6 is 34.5 Å². The van der Waals surface area contributed by atoms with Crippen molar-refractivity contribution in [2.45, 2.75) is 6.18 Å². The molecule has 0 unspecified atom stereocenters. The molecule has 0 saturated heterocycles. The highest BCUT2D eigenvalue weighted by Gasteiger charge is 2.35. The fourth-order valence-electron chi connectivity index (χ4n) is 1.39. The zero-order valence-corrected chi connectivity index (χ0v) is 10.8. The number of halogens is 5. The molecule has 0 fully saturated rings. The third-order valence-electron chi connectivity index (χ3n) is 2.07. The van der Waals surface area contributed by atoms with Crippen LogP contribution in [0.4, 0.5) is 13.2 Å². The van der Waals surface area contributed by atoms with Gasteiger partial charge < -0.3 is 0 Å². The van der Waals surface area contributed by atoms with Crippen molar-refractivity contribution in [3.05, 3.63) is 39.4 Å². The molecule has 90 valence electrons. The molecule has 0 atom stereocenters. The highest BCUT2D eigenvalue weighted by atomic mass is 127. The van der Waals surface area contributed by atoms with Crippen LogP contribution in [0.3, 0.4) is 0 Å². The fourth-order valence-corrected chi connectivity index (χ4v) is 2.09. The van der Waals surface area contributed by atoms with Gasteiger partial charge in [0.05, 0.1) is 28.4 Å². The highest BCUT2D eigenvalue weighted by molar-refractivity contribution is 14.1.